The van der Waals surface area contributed by atoms with Gasteiger partial charge in [0.15, 0.2) is 5.78 Å². The summed E-state index contributed by atoms with van der Waals surface area (Å²) in [6, 6.07) is 32.7. The van der Waals surface area contributed by atoms with Crippen molar-refractivity contribution < 1.29 is 22.8 Å². The highest BCUT2D eigenvalue weighted by Crippen LogP contribution is 2.50. The number of pyridine rings is 1. The lowest BCUT2D eigenvalue weighted by atomic mass is 9.88. The van der Waals surface area contributed by atoms with Crippen LogP contribution < -0.4 is 5.73 Å². The van der Waals surface area contributed by atoms with Crippen LogP contribution in [0, 0.1) is 0 Å². The molecule has 0 spiro atoms. The van der Waals surface area contributed by atoms with Crippen molar-refractivity contribution in [2.45, 2.75) is 31.9 Å². The Balaban J connectivity index is 1.52. The molecule has 0 aliphatic heterocycles. The van der Waals surface area contributed by atoms with Gasteiger partial charge in [-0.3, -0.25) is 19.1 Å². The van der Waals surface area contributed by atoms with Crippen LogP contribution in [-0.2, 0) is 4.79 Å². The molecule has 1 amide bonds. The van der Waals surface area contributed by atoms with Gasteiger partial charge in [-0.1, -0.05) is 92.2 Å². The van der Waals surface area contributed by atoms with Gasteiger partial charge in [0.25, 0.3) is 0 Å². The van der Waals surface area contributed by atoms with Crippen LogP contribution in [-0.4, -0.2) is 45.4 Å². The Hall–Kier alpha value is -5.70. The highest BCUT2D eigenvalue weighted by molar-refractivity contribution is 6.16. The second kappa shape index (κ2) is 12.7. The van der Waals surface area contributed by atoms with Crippen molar-refractivity contribution in [3.05, 3.63) is 138 Å². The van der Waals surface area contributed by atoms with E-state index in [1.807, 2.05) is 67.6 Å². The number of rotatable bonds is 9. The average molecular weight is 659 g/mol. The van der Waals surface area contributed by atoms with Crippen molar-refractivity contribution >= 4 is 28.4 Å². The number of unbranched alkanes of at least 4 members (excludes halogenated alkanes) is 1. The molecule has 0 fully saturated rings. The maximum atomic E-state index is 14.9. The number of alkyl halides is 3. The third-order valence-corrected chi connectivity index (χ3v) is 9.10. The van der Waals surface area contributed by atoms with Gasteiger partial charge in [-0.15, -0.1) is 0 Å². The molecule has 2 heterocycles. The number of hydrogen-bond donors (Lipinski definition) is 1. The molecule has 1 unspecified atom stereocenters. The molecule has 9 heteroatoms. The first-order valence-electron chi connectivity index (χ1n) is 16.2. The minimum Gasteiger partial charge on any atom is -0.385 e. The minimum atomic E-state index is -4.60. The van der Waals surface area contributed by atoms with E-state index in [9.17, 15) is 22.8 Å². The van der Waals surface area contributed by atoms with Gasteiger partial charge in [0.05, 0.1) is 22.8 Å². The van der Waals surface area contributed by atoms with Gasteiger partial charge in [-0.25, -0.2) is 0 Å². The molecule has 0 bridgehead atoms. The smallest absolute Gasteiger partial charge is 0.385 e. The van der Waals surface area contributed by atoms with Crippen molar-refractivity contribution in [2.24, 2.45) is 0 Å². The SMILES string of the molecule is CCCCN(CC(F)(F)F)C(=O)C1c2ccccc2-c2ccc(C(=O)c3ccccc3-c3ccccn3)c(-n3c(N)cc4ccccc43)c21. The summed E-state index contributed by atoms with van der Waals surface area (Å²) < 4.78 is 43.7. The third-order valence-electron chi connectivity index (χ3n) is 9.10. The van der Waals surface area contributed by atoms with Gasteiger partial charge in [0.2, 0.25) is 5.91 Å². The number of fused-ring (bicyclic) bond motifs is 4. The Morgan fingerprint density at radius 2 is 1.55 bits per heavy atom. The molecule has 4 aromatic carbocycles. The highest BCUT2D eigenvalue weighted by Gasteiger charge is 2.43. The molecule has 0 saturated carbocycles. The van der Waals surface area contributed by atoms with Gasteiger partial charge in [0.1, 0.15) is 12.4 Å². The number of anilines is 1. The van der Waals surface area contributed by atoms with E-state index in [0.29, 0.717) is 63.4 Å². The molecule has 7 rings (SSSR count). The molecule has 0 radical (unpaired) electrons. The number of amides is 1. The Labute approximate surface area is 281 Å². The van der Waals surface area contributed by atoms with E-state index >= 15 is 0 Å². The van der Waals surface area contributed by atoms with Crippen LogP contribution in [0.1, 0.15) is 52.7 Å². The number of hydrogen-bond acceptors (Lipinski definition) is 4. The number of ketones is 1. The molecule has 49 heavy (non-hydrogen) atoms. The summed E-state index contributed by atoms with van der Waals surface area (Å²) in [5.41, 5.74) is 12.1. The first-order valence-corrected chi connectivity index (χ1v) is 16.2. The monoisotopic (exact) mass is 658 g/mol. The Morgan fingerprint density at radius 1 is 0.837 bits per heavy atom. The molecule has 1 atom stereocenters. The summed E-state index contributed by atoms with van der Waals surface area (Å²) in [5, 5.41) is 0.810. The third kappa shape index (κ3) is 5.75. The first kappa shape index (κ1) is 31.9. The van der Waals surface area contributed by atoms with Gasteiger partial charge >= 0.3 is 6.18 Å². The van der Waals surface area contributed by atoms with Crippen molar-refractivity contribution in [1.29, 1.82) is 0 Å². The molecular formula is C40H33F3N4O2. The molecule has 2 aromatic heterocycles. The molecular weight excluding hydrogens is 625 g/mol. The number of nitrogen functional groups attached to an aromatic ring is 1. The molecule has 0 saturated heterocycles. The zero-order valence-electron chi connectivity index (χ0n) is 26.7. The predicted molar refractivity (Wildman–Crippen MR) is 186 cm³/mol. The maximum absolute atomic E-state index is 14.9. The second-order valence-electron chi connectivity index (χ2n) is 12.2. The summed E-state index contributed by atoms with van der Waals surface area (Å²) in [5.74, 6) is -1.80. The van der Waals surface area contributed by atoms with Crippen LogP contribution in [0.4, 0.5) is 19.0 Å². The fraction of sp³-hybridized carbons (Fsp3) is 0.175. The van der Waals surface area contributed by atoms with E-state index < -0.39 is 24.5 Å². The van der Waals surface area contributed by atoms with E-state index in [4.69, 9.17) is 5.73 Å². The van der Waals surface area contributed by atoms with Crippen molar-refractivity contribution in [3.8, 4) is 28.1 Å². The van der Waals surface area contributed by atoms with E-state index in [-0.39, 0.29) is 17.9 Å². The summed E-state index contributed by atoms with van der Waals surface area (Å²) in [4.78, 5) is 34.9. The van der Waals surface area contributed by atoms with Crippen LogP contribution in [0.2, 0.25) is 0 Å². The molecule has 6 nitrogen and oxygen atoms in total. The predicted octanol–water partition coefficient (Wildman–Crippen LogP) is 8.81. The van der Waals surface area contributed by atoms with Gasteiger partial charge in [-0.05, 0) is 53.4 Å². The first-order chi connectivity index (χ1) is 23.7. The zero-order chi connectivity index (χ0) is 34.3. The van der Waals surface area contributed by atoms with E-state index in [1.165, 1.54) is 0 Å². The average Bonchev–Trinajstić information content (AvgIpc) is 3.63. The largest absolute Gasteiger partial charge is 0.406 e. The zero-order valence-corrected chi connectivity index (χ0v) is 26.7. The Morgan fingerprint density at radius 3 is 2.31 bits per heavy atom. The molecule has 6 aromatic rings. The van der Waals surface area contributed by atoms with Crippen molar-refractivity contribution in [3.63, 3.8) is 0 Å². The summed E-state index contributed by atoms with van der Waals surface area (Å²) in [6.45, 7) is 0.442. The topological polar surface area (TPSA) is 81.2 Å². The van der Waals surface area contributed by atoms with Crippen molar-refractivity contribution in [2.75, 3.05) is 18.8 Å². The Bertz CT molecular complexity index is 2210. The second-order valence-corrected chi connectivity index (χ2v) is 12.2. The minimum absolute atomic E-state index is 0.0527. The fourth-order valence-corrected chi connectivity index (χ4v) is 6.98. The number of nitrogens with zero attached hydrogens (tertiary/aromatic N) is 3. The quantitative estimate of drug-likeness (QED) is 0.158. The normalized spacial score (nSPS) is 13.7. The number of para-hydroxylation sites is 1. The lowest BCUT2D eigenvalue weighted by molar-refractivity contribution is -0.161. The van der Waals surface area contributed by atoms with E-state index in [0.717, 1.165) is 15.8 Å². The van der Waals surface area contributed by atoms with Gasteiger partial charge in [0, 0.05) is 40.4 Å². The van der Waals surface area contributed by atoms with Gasteiger partial charge in [-0.2, -0.15) is 13.2 Å². The number of carbonyl (C=O) groups is 2. The Kier molecular flexibility index (Phi) is 8.28. The summed E-state index contributed by atoms with van der Waals surface area (Å²) >= 11 is 0. The number of nitrogens with two attached hydrogens (primary N) is 1. The fourth-order valence-electron chi connectivity index (χ4n) is 6.98. The van der Waals surface area contributed by atoms with Crippen LogP contribution in [0.15, 0.2) is 115 Å². The number of aromatic nitrogens is 2. The molecule has 246 valence electrons. The van der Waals surface area contributed by atoms with E-state index in [1.54, 1.807) is 59.3 Å². The summed E-state index contributed by atoms with van der Waals surface area (Å²) in [7, 11) is 0. The van der Waals surface area contributed by atoms with Crippen LogP contribution in [0.25, 0.3) is 39.0 Å². The van der Waals surface area contributed by atoms with E-state index in [2.05, 4.69) is 4.98 Å². The van der Waals surface area contributed by atoms with Crippen molar-refractivity contribution in [1.82, 2.24) is 14.5 Å². The van der Waals surface area contributed by atoms with Crippen LogP contribution in [0.5, 0.6) is 0 Å². The standard InChI is InChI=1S/C40H33F3N4O2/c1-2-3-22-46(24-40(41,42)43)39(49)36-28-15-7-5-13-26(28)29-19-20-31(37(35(29)36)47-33-18-9-4-12-25(33)23-34(47)44)38(48)30-16-8-6-14-27(30)32-17-10-11-21-45-32/h4-21,23,36H,2-3,22,24,44H2,1H3. The lowest BCUT2D eigenvalue weighted by Crippen LogP contribution is -2.42. The number of benzene rings is 4. The lowest BCUT2D eigenvalue weighted by Gasteiger charge is -2.29. The maximum Gasteiger partial charge on any atom is 0.406 e. The van der Waals surface area contributed by atoms with Crippen LogP contribution >= 0.6 is 0 Å². The molecule has 2 N–H and O–H groups in total. The highest BCUT2D eigenvalue weighted by atomic mass is 19.4. The van der Waals surface area contributed by atoms with Gasteiger partial charge < -0.3 is 10.6 Å². The number of carbonyl (C=O) groups excluding carboxylic acids is 2. The summed E-state index contributed by atoms with van der Waals surface area (Å²) in [6.07, 6.45) is -1.91. The van der Waals surface area contributed by atoms with Crippen LogP contribution in [0.3, 0.4) is 0 Å². The number of halogens is 3. The molecule has 1 aliphatic rings. The molecule has 1 aliphatic carbocycles.